The number of sulfonamides is 1. The number of halogens is 1. The van der Waals surface area contributed by atoms with Crippen molar-refractivity contribution in [1.29, 1.82) is 0 Å². The van der Waals surface area contributed by atoms with Gasteiger partial charge in [-0.15, -0.1) is 0 Å². The Morgan fingerprint density at radius 2 is 1.76 bits per heavy atom. The number of ether oxygens (including phenoxy) is 1. The van der Waals surface area contributed by atoms with Crippen LogP contribution in [0.1, 0.15) is 23.9 Å². The molecule has 0 saturated carbocycles. The zero-order chi connectivity index (χ0) is 25.0. The molecule has 1 heterocycles. The van der Waals surface area contributed by atoms with E-state index in [0.717, 1.165) is 33.2 Å². The van der Waals surface area contributed by atoms with Gasteiger partial charge in [0.05, 0.1) is 25.3 Å². The molecular weight excluding hydrogens is 459 g/mol. The van der Waals surface area contributed by atoms with Crippen LogP contribution >= 0.6 is 0 Å². The lowest BCUT2D eigenvalue weighted by atomic mass is 10.2. The van der Waals surface area contributed by atoms with Gasteiger partial charge in [0.2, 0.25) is 10.0 Å². The molecule has 2 aromatic carbocycles. The van der Waals surface area contributed by atoms with Gasteiger partial charge in [0.15, 0.2) is 0 Å². The topological polar surface area (TPSA) is 93.0 Å². The summed E-state index contributed by atoms with van der Waals surface area (Å²) in [5.74, 6) is -0.343. The first-order valence-corrected chi connectivity index (χ1v) is 12.3. The summed E-state index contributed by atoms with van der Waals surface area (Å²) < 4.78 is 46.2. The third-order valence-corrected chi connectivity index (χ3v) is 6.59. The summed E-state index contributed by atoms with van der Waals surface area (Å²) in [5, 5.41) is 4.03. The average Bonchev–Trinajstić information content (AvgIpc) is 3.07. The van der Waals surface area contributed by atoms with Gasteiger partial charge in [-0.1, -0.05) is 0 Å². The number of hydrogen-bond donors (Lipinski definition) is 1. The number of amides is 1. The lowest BCUT2D eigenvalue weighted by molar-refractivity contribution is -0.121. The second-order valence-corrected chi connectivity index (χ2v) is 9.66. The fourth-order valence-electron chi connectivity index (χ4n) is 3.70. The Labute approximate surface area is 198 Å². The number of benzene rings is 2. The van der Waals surface area contributed by atoms with Gasteiger partial charge in [0.25, 0.3) is 5.91 Å². The molecular formula is C24H27FN4O4S. The predicted octanol–water partition coefficient (Wildman–Crippen LogP) is 3.55. The lowest BCUT2D eigenvalue weighted by Gasteiger charge is -2.27. The molecule has 1 atom stereocenters. The zero-order valence-corrected chi connectivity index (χ0v) is 20.4. The molecule has 0 fully saturated rings. The summed E-state index contributed by atoms with van der Waals surface area (Å²) in [7, 11) is -2.24. The number of hydrogen-bond acceptors (Lipinski definition) is 5. The van der Waals surface area contributed by atoms with Gasteiger partial charge in [0, 0.05) is 22.6 Å². The molecule has 1 aromatic heterocycles. The summed E-state index contributed by atoms with van der Waals surface area (Å²) >= 11 is 0. The Kier molecular flexibility index (Phi) is 7.41. The maximum absolute atomic E-state index is 13.3. The van der Waals surface area contributed by atoms with Crippen molar-refractivity contribution in [2.75, 3.05) is 17.7 Å². The maximum atomic E-state index is 13.3. The SMILES string of the molecule is COc1ccc(N(C(C)C(=O)N/N=C/c2cc(C)n(-c3ccc(F)cc3)c2C)S(C)(=O)=O)cc1. The monoisotopic (exact) mass is 486 g/mol. The van der Waals surface area contributed by atoms with Crippen molar-refractivity contribution >= 4 is 27.8 Å². The third kappa shape index (κ3) is 5.45. The van der Waals surface area contributed by atoms with Gasteiger partial charge < -0.3 is 9.30 Å². The van der Waals surface area contributed by atoms with E-state index in [0.29, 0.717) is 11.4 Å². The van der Waals surface area contributed by atoms with E-state index in [4.69, 9.17) is 4.74 Å². The number of aromatic nitrogens is 1. The van der Waals surface area contributed by atoms with E-state index in [2.05, 4.69) is 10.5 Å². The molecule has 0 saturated heterocycles. The smallest absolute Gasteiger partial charge is 0.263 e. The van der Waals surface area contributed by atoms with Gasteiger partial charge in [-0.2, -0.15) is 5.10 Å². The molecule has 3 aromatic rings. The van der Waals surface area contributed by atoms with Crippen LogP contribution in [0.4, 0.5) is 10.1 Å². The number of carbonyl (C=O) groups is 1. The molecule has 0 aliphatic rings. The van der Waals surface area contributed by atoms with Crippen molar-refractivity contribution in [3.63, 3.8) is 0 Å². The second kappa shape index (κ2) is 10.1. The zero-order valence-electron chi connectivity index (χ0n) is 19.6. The van der Waals surface area contributed by atoms with Gasteiger partial charge in [-0.25, -0.2) is 18.2 Å². The number of anilines is 1. The molecule has 0 radical (unpaired) electrons. The molecule has 0 spiro atoms. The Morgan fingerprint density at radius 3 is 2.32 bits per heavy atom. The van der Waals surface area contributed by atoms with Crippen LogP contribution in [0.3, 0.4) is 0 Å². The summed E-state index contributed by atoms with van der Waals surface area (Å²) in [5.41, 5.74) is 6.07. The van der Waals surface area contributed by atoms with Gasteiger partial charge >= 0.3 is 0 Å². The Balaban J connectivity index is 1.78. The Bertz CT molecular complexity index is 1300. The maximum Gasteiger partial charge on any atom is 0.263 e. The molecule has 1 N–H and O–H groups in total. The minimum absolute atomic E-state index is 0.317. The highest BCUT2D eigenvalue weighted by Gasteiger charge is 2.29. The molecule has 0 aliphatic heterocycles. The molecule has 8 nitrogen and oxygen atoms in total. The first-order chi connectivity index (χ1) is 16.0. The molecule has 10 heteroatoms. The fraction of sp³-hybridized carbons (Fsp3) is 0.250. The van der Waals surface area contributed by atoms with E-state index in [-0.39, 0.29) is 5.82 Å². The molecule has 34 heavy (non-hydrogen) atoms. The third-order valence-electron chi connectivity index (χ3n) is 5.35. The van der Waals surface area contributed by atoms with Crippen LogP contribution < -0.4 is 14.5 Å². The first-order valence-electron chi connectivity index (χ1n) is 10.4. The number of carbonyl (C=O) groups excluding carboxylic acids is 1. The van der Waals surface area contributed by atoms with E-state index in [9.17, 15) is 17.6 Å². The highest BCUT2D eigenvalue weighted by atomic mass is 32.2. The van der Waals surface area contributed by atoms with Gasteiger partial charge in [-0.05, 0) is 75.4 Å². The quantitative estimate of drug-likeness (QED) is 0.389. The van der Waals surface area contributed by atoms with Gasteiger partial charge in [-0.3, -0.25) is 9.10 Å². The van der Waals surface area contributed by atoms with E-state index in [1.807, 2.05) is 24.5 Å². The predicted molar refractivity (Wildman–Crippen MR) is 131 cm³/mol. The Hall–Kier alpha value is -3.66. The van der Waals surface area contributed by atoms with Crippen LogP contribution in [0.15, 0.2) is 59.7 Å². The highest BCUT2D eigenvalue weighted by Crippen LogP contribution is 2.24. The number of rotatable bonds is 8. The van der Waals surface area contributed by atoms with Crippen molar-refractivity contribution in [3.05, 3.63) is 77.4 Å². The van der Waals surface area contributed by atoms with Crippen LogP contribution in [0.5, 0.6) is 5.75 Å². The van der Waals surface area contributed by atoms with Crippen LogP contribution in [-0.2, 0) is 14.8 Å². The summed E-state index contributed by atoms with van der Waals surface area (Å²) in [4.78, 5) is 12.7. The molecule has 1 amide bonds. The standard InChI is InChI=1S/C24H27FN4O4S/c1-16-14-19(17(2)28(16)21-8-6-20(25)7-9-21)15-26-27-24(30)18(3)29(34(5,31)32)22-10-12-23(33-4)13-11-22/h6-15,18H,1-5H3,(H,27,30)/b26-15+. The lowest BCUT2D eigenvalue weighted by Crippen LogP contribution is -2.46. The molecule has 3 rings (SSSR count). The molecule has 180 valence electrons. The van der Waals surface area contributed by atoms with Crippen molar-refractivity contribution in [2.24, 2.45) is 5.10 Å². The number of methoxy groups -OCH3 is 1. The van der Waals surface area contributed by atoms with Crippen molar-refractivity contribution < 1.29 is 22.3 Å². The van der Waals surface area contributed by atoms with Crippen LogP contribution in [0.2, 0.25) is 0 Å². The van der Waals surface area contributed by atoms with Crippen molar-refractivity contribution in [3.8, 4) is 11.4 Å². The normalized spacial score (nSPS) is 12.5. The fourth-order valence-corrected chi connectivity index (χ4v) is 4.88. The van der Waals surface area contributed by atoms with Crippen molar-refractivity contribution in [2.45, 2.75) is 26.8 Å². The molecule has 1 unspecified atom stereocenters. The van der Waals surface area contributed by atoms with E-state index in [1.54, 1.807) is 36.4 Å². The number of hydrazone groups is 1. The molecule has 0 bridgehead atoms. The summed E-state index contributed by atoms with van der Waals surface area (Å²) in [6.07, 6.45) is 2.53. The number of nitrogens with zero attached hydrogens (tertiary/aromatic N) is 3. The van der Waals surface area contributed by atoms with Crippen molar-refractivity contribution in [1.82, 2.24) is 9.99 Å². The summed E-state index contributed by atoms with van der Waals surface area (Å²) in [6, 6.07) is 13.3. The largest absolute Gasteiger partial charge is 0.497 e. The van der Waals surface area contributed by atoms with Crippen LogP contribution in [-0.4, -0.2) is 44.5 Å². The minimum Gasteiger partial charge on any atom is -0.497 e. The van der Waals surface area contributed by atoms with E-state index in [1.165, 1.54) is 32.4 Å². The summed E-state index contributed by atoms with van der Waals surface area (Å²) in [6.45, 7) is 5.28. The average molecular weight is 487 g/mol. The second-order valence-electron chi connectivity index (χ2n) is 7.81. The van der Waals surface area contributed by atoms with Crippen LogP contribution in [0.25, 0.3) is 5.69 Å². The van der Waals surface area contributed by atoms with Gasteiger partial charge in [0.1, 0.15) is 17.6 Å². The molecule has 0 aliphatic carbocycles. The van der Waals surface area contributed by atoms with E-state index >= 15 is 0 Å². The highest BCUT2D eigenvalue weighted by molar-refractivity contribution is 7.92. The van der Waals surface area contributed by atoms with Crippen LogP contribution in [0, 0.1) is 19.7 Å². The van der Waals surface area contributed by atoms with E-state index < -0.39 is 22.0 Å². The minimum atomic E-state index is -3.75. The first kappa shape index (κ1) is 25.0. The number of nitrogens with one attached hydrogen (secondary N) is 1. The Morgan fingerprint density at radius 1 is 1.15 bits per heavy atom. The number of aryl methyl sites for hydroxylation is 1.